The van der Waals surface area contributed by atoms with Gasteiger partial charge in [-0.1, -0.05) is 59.2 Å². The van der Waals surface area contributed by atoms with Crippen LogP contribution in [0.1, 0.15) is 21.9 Å². The van der Waals surface area contributed by atoms with E-state index in [9.17, 15) is 18.0 Å². The molecule has 0 fully saturated rings. The molecular weight excluding hydrogens is 394 g/mol. The number of nitrogens with two attached hydrogens (primary N) is 1. The van der Waals surface area contributed by atoms with Crippen LogP contribution in [0.3, 0.4) is 0 Å². The van der Waals surface area contributed by atoms with E-state index in [4.69, 9.17) is 28.9 Å². The molecule has 0 saturated carbocycles. The maximum Gasteiger partial charge on any atom is 0.416 e. The van der Waals surface area contributed by atoms with Crippen LogP contribution in [0.25, 0.3) is 5.57 Å². The van der Waals surface area contributed by atoms with Gasteiger partial charge in [0.1, 0.15) is 5.25 Å². The Morgan fingerprint density at radius 3 is 2.44 bits per heavy atom. The lowest BCUT2D eigenvalue weighted by molar-refractivity contribution is -0.137. The summed E-state index contributed by atoms with van der Waals surface area (Å²) in [5, 5.41) is -0.0622. The van der Waals surface area contributed by atoms with E-state index in [-0.39, 0.29) is 21.2 Å². The first-order chi connectivity index (χ1) is 11.7. The number of benzene rings is 2. The Bertz CT molecular complexity index is 896. The largest absolute Gasteiger partial charge is 0.416 e. The molecule has 8 heteroatoms. The van der Waals surface area contributed by atoms with Crippen LogP contribution in [0.2, 0.25) is 10.0 Å². The van der Waals surface area contributed by atoms with Crippen LogP contribution in [0.5, 0.6) is 0 Å². The SMILES string of the molecule is NC1=C(c2cccc(C(F)(F)F)c2)C(=O)C(c2cccc(Cl)c2Cl)S1. The molecular formula is C17H10Cl2F3NOS. The van der Waals surface area contributed by atoms with Crippen LogP contribution in [0.15, 0.2) is 47.5 Å². The molecule has 0 aliphatic carbocycles. The lowest BCUT2D eigenvalue weighted by Crippen LogP contribution is -2.09. The molecule has 0 spiro atoms. The third-order valence-corrected chi connectivity index (χ3v) is 5.71. The van der Waals surface area contributed by atoms with Gasteiger partial charge in [0.2, 0.25) is 0 Å². The first-order valence-electron chi connectivity index (χ1n) is 7.02. The summed E-state index contributed by atoms with van der Waals surface area (Å²) in [5.74, 6) is -0.397. The van der Waals surface area contributed by atoms with Crippen molar-refractivity contribution in [3.8, 4) is 0 Å². The van der Waals surface area contributed by atoms with Crippen molar-refractivity contribution in [2.75, 3.05) is 0 Å². The monoisotopic (exact) mass is 403 g/mol. The summed E-state index contributed by atoms with van der Waals surface area (Å²) in [4.78, 5) is 12.8. The van der Waals surface area contributed by atoms with Crippen LogP contribution in [-0.4, -0.2) is 5.78 Å². The number of hydrogen-bond donors (Lipinski definition) is 1. The molecule has 25 heavy (non-hydrogen) atoms. The van der Waals surface area contributed by atoms with Gasteiger partial charge in [-0.15, -0.1) is 0 Å². The van der Waals surface area contributed by atoms with Crippen molar-refractivity contribution in [3.05, 3.63) is 74.2 Å². The lowest BCUT2D eigenvalue weighted by Gasteiger charge is -2.12. The van der Waals surface area contributed by atoms with E-state index in [0.29, 0.717) is 10.6 Å². The highest BCUT2D eigenvalue weighted by Crippen LogP contribution is 2.49. The fraction of sp³-hybridized carbons (Fsp3) is 0.118. The molecule has 3 rings (SSSR count). The first kappa shape index (κ1) is 18.2. The second-order valence-corrected chi connectivity index (χ2v) is 7.26. The smallest absolute Gasteiger partial charge is 0.393 e. The molecule has 0 bridgehead atoms. The van der Waals surface area contributed by atoms with Crippen molar-refractivity contribution in [1.82, 2.24) is 0 Å². The van der Waals surface area contributed by atoms with E-state index >= 15 is 0 Å². The number of allylic oxidation sites excluding steroid dienone is 1. The molecule has 2 nitrogen and oxygen atoms in total. The highest BCUT2D eigenvalue weighted by Gasteiger charge is 2.37. The number of hydrogen-bond acceptors (Lipinski definition) is 3. The van der Waals surface area contributed by atoms with Gasteiger partial charge in [0.15, 0.2) is 5.78 Å². The van der Waals surface area contributed by atoms with Gasteiger partial charge in [0.25, 0.3) is 0 Å². The van der Waals surface area contributed by atoms with Gasteiger partial charge < -0.3 is 5.73 Å². The number of ketones is 1. The normalized spacial score (nSPS) is 18.1. The van der Waals surface area contributed by atoms with Crippen molar-refractivity contribution in [1.29, 1.82) is 0 Å². The maximum atomic E-state index is 12.9. The number of alkyl halides is 3. The van der Waals surface area contributed by atoms with Crippen LogP contribution in [-0.2, 0) is 11.0 Å². The van der Waals surface area contributed by atoms with Crippen LogP contribution >= 0.6 is 35.0 Å². The average molecular weight is 404 g/mol. The average Bonchev–Trinajstić information content (AvgIpc) is 2.84. The standard InChI is InChI=1S/C17H10Cl2F3NOS/c18-11-6-2-5-10(13(11)19)15-14(24)12(16(23)25-15)8-3-1-4-9(7-8)17(20,21)22/h1-7,15H,23H2. The minimum absolute atomic E-state index is 0.0668. The van der Waals surface area contributed by atoms with Gasteiger partial charge in [-0.2, -0.15) is 13.2 Å². The first-order valence-corrected chi connectivity index (χ1v) is 8.66. The van der Waals surface area contributed by atoms with E-state index in [1.54, 1.807) is 18.2 Å². The summed E-state index contributed by atoms with van der Waals surface area (Å²) in [5.41, 5.74) is 5.78. The molecule has 0 amide bonds. The number of thioether (sulfide) groups is 1. The summed E-state index contributed by atoms with van der Waals surface area (Å²) < 4.78 is 38.8. The molecule has 130 valence electrons. The second-order valence-electron chi connectivity index (χ2n) is 5.32. The Morgan fingerprint density at radius 2 is 1.76 bits per heavy atom. The van der Waals surface area contributed by atoms with Gasteiger partial charge in [-0.3, -0.25) is 4.79 Å². The Kier molecular flexibility index (Phi) is 4.79. The van der Waals surface area contributed by atoms with Gasteiger partial charge in [-0.25, -0.2) is 0 Å². The van der Waals surface area contributed by atoms with E-state index < -0.39 is 22.8 Å². The summed E-state index contributed by atoms with van der Waals surface area (Å²) >= 11 is 13.2. The fourth-order valence-electron chi connectivity index (χ4n) is 2.56. The zero-order valence-corrected chi connectivity index (χ0v) is 14.7. The lowest BCUT2D eigenvalue weighted by atomic mass is 9.96. The molecule has 0 saturated heterocycles. The number of halogens is 5. The molecule has 1 heterocycles. The van der Waals surface area contributed by atoms with E-state index in [1.807, 2.05) is 0 Å². The summed E-state index contributed by atoms with van der Waals surface area (Å²) in [6.07, 6.45) is -4.50. The Hall–Kier alpha value is -1.63. The molecule has 2 aromatic rings. The minimum Gasteiger partial charge on any atom is -0.393 e. The van der Waals surface area contributed by atoms with Crippen molar-refractivity contribution in [2.24, 2.45) is 5.73 Å². The Morgan fingerprint density at radius 1 is 1.08 bits per heavy atom. The summed E-state index contributed by atoms with van der Waals surface area (Å²) in [6, 6.07) is 9.42. The molecule has 2 N–H and O–H groups in total. The molecule has 1 aliphatic heterocycles. The topological polar surface area (TPSA) is 43.1 Å². The predicted octanol–water partition coefficient (Wildman–Crippen LogP) is 5.70. The van der Waals surface area contributed by atoms with E-state index in [2.05, 4.69) is 0 Å². The van der Waals surface area contributed by atoms with Crippen LogP contribution in [0.4, 0.5) is 13.2 Å². The van der Waals surface area contributed by atoms with Gasteiger partial charge in [-0.05, 0) is 29.3 Å². The molecule has 1 aliphatic rings. The maximum absolute atomic E-state index is 12.9. The van der Waals surface area contributed by atoms with E-state index in [0.717, 1.165) is 23.9 Å². The zero-order valence-electron chi connectivity index (χ0n) is 12.4. The van der Waals surface area contributed by atoms with Crippen molar-refractivity contribution < 1.29 is 18.0 Å². The molecule has 1 unspecified atom stereocenters. The Labute approximate surface area is 155 Å². The molecule has 0 radical (unpaired) electrons. The van der Waals surface area contributed by atoms with Crippen LogP contribution < -0.4 is 5.73 Å². The highest BCUT2D eigenvalue weighted by atomic mass is 35.5. The minimum atomic E-state index is -4.50. The third kappa shape index (κ3) is 3.38. The van der Waals surface area contributed by atoms with Gasteiger partial charge in [0, 0.05) is 0 Å². The van der Waals surface area contributed by atoms with Gasteiger partial charge >= 0.3 is 6.18 Å². The quantitative estimate of drug-likeness (QED) is 0.699. The Balaban J connectivity index is 2.01. The number of rotatable bonds is 2. The fourth-order valence-corrected chi connectivity index (χ4v) is 4.18. The predicted molar refractivity (Wildman–Crippen MR) is 94.4 cm³/mol. The van der Waals surface area contributed by atoms with Crippen molar-refractivity contribution in [2.45, 2.75) is 11.4 Å². The highest BCUT2D eigenvalue weighted by molar-refractivity contribution is 8.04. The number of Topliss-reactive ketones (excluding diaryl/α,β-unsaturated/α-hetero) is 1. The van der Waals surface area contributed by atoms with Crippen molar-refractivity contribution in [3.63, 3.8) is 0 Å². The molecule has 1 atom stereocenters. The molecule has 2 aromatic carbocycles. The van der Waals surface area contributed by atoms with Gasteiger partial charge in [0.05, 0.1) is 26.2 Å². The number of carbonyl (C=O) groups is 1. The summed E-state index contributed by atoms with van der Waals surface area (Å²) in [7, 11) is 0. The number of carbonyl (C=O) groups excluding carboxylic acids is 1. The summed E-state index contributed by atoms with van der Waals surface area (Å²) in [6.45, 7) is 0. The van der Waals surface area contributed by atoms with Crippen LogP contribution in [0, 0.1) is 0 Å². The zero-order chi connectivity index (χ0) is 18.4. The third-order valence-electron chi connectivity index (χ3n) is 3.72. The van der Waals surface area contributed by atoms with E-state index in [1.165, 1.54) is 12.1 Å². The second kappa shape index (κ2) is 6.59. The molecule has 0 aromatic heterocycles. The van der Waals surface area contributed by atoms with Crippen molar-refractivity contribution >= 4 is 46.3 Å².